The third-order valence-electron chi connectivity index (χ3n) is 5.72. The van der Waals surface area contributed by atoms with Crippen molar-refractivity contribution in [3.8, 4) is 0 Å². The van der Waals surface area contributed by atoms with Crippen molar-refractivity contribution in [2.24, 2.45) is 10.9 Å². The van der Waals surface area contributed by atoms with Gasteiger partial charge in [-0.15, -0.1) is 0 Å². The van der Waals surface area contributed by atoms with E-state index < -0.39 is 34.5 Å². The van der Waals surface area contributed by atoms with E-state index in [4.69, 9.17) is 18.9 Å². The molecule has 2 atom stereocenters. The van der Waals surface area contributed by atoms with Crippen LogP contribution in [0.2, 0.25) is 0 Å². The van der Waals surface area contributed by atoms with Crippen LogP contribution in [-0.2, 0) is 28.5 Å². The van der Waals surface area contributed by atoms with Crippen LogP contribution in [0.5, 0.6) is 0 Å². The van der Waals surface area contributed by atoms with Crippen molar-refractivity contribution in [1.82, 2.24) is 0 Å². The first-order valence-electron chi connectivity index (χ1n) is 10.8. The average Bonchev–Trinajstić information content (AvgIpc) is 3.19. The highest BCUT2D eigenvalue weighted by atomic mass is 16.7. The van der Waals surface area contributed by atoms with Crippen LogP contribution in [0.4, 0.5) is 5.69 Å². The lowest BCUT2D eigenvalue weighted by Crippen LogP contribution is -2.37. The number of esters is 2. The van der Waals surface area contributed by atoms with Gasteiger partial charge in [-0.1, -0.05) is 12.1 Å². The molecule has 2 heterocycles. The minimum atomic E-state index is -0.919. The van der Waals surface area contributed by atoms with Crippen molar-refractivity contribution in [2.45, 2.75) is 45.8 Å². The smallest absolute Gasteiger partial charge is 0.336 e. The molecule has 2 aliphatic rings. The van der Waals surface area contributed by atoms with Crippen molar-refractivity contribution in [1.29, 1.82) is 0 Å². The summed E-state index contributed by atoms with van der Waals surface area (Å²) >= 11 is 0. The second-order valence-electron chi connectivity index (χ2n) is 8.03. The standard InChI is InChI=1S/C23H28N2O8/c1-5-30-21(26)18-14(2)24-15(3)19(20(18)16-7-6-8-17(13-16)25(28)29)22(27)31-10-9-23(4)32-11-12-33-23/h6-8,13,18,20H,5,9-12H2,1-4H3. The fraction of sp³-hybridized carbons (Fsp3) is 0.522. The summed E-state index contributed by atoms with van der Waals surface area (Å²) in [5, 5.41) is 11.4. The zero-order valence-electron chi connectivity index (χ0n) is 19.2. The van der Waals surface area contributed by atoms with Crippen LogP contribution >= 0.6 is 0 Å². The van der Waals surface area contributed by atoms with Gasteiger partial charge in [-0.25, -0.2) is 4.79 Å². The Labute approximate surface area is 191 Å². The molecule has 10 heteroatoms. The molecule has 1 aromatic rings. The molecule has 0 spiro atoms. The summed E-state index contributed by atoms with van der Waals surface area (Å²) in [7, 11) is 0. The minimum absolute atomic E-state index is 0.0283. The van der Waals surface area contributed by atoms with Gasteiger partial charge in [0, 0.05) is 35.9 Å². The summed E-state index contributed by atoms with van der Waals surface area (Å²) < 4.78 is 21.8. The average molecular weight is 460 g/mol. The van der Waals surface area contributed by atoms with E-state index in [1.54, 1.807) is 33.8 Å². The van der Waals surface area contributed by atoms with Crippen molar-refractivity contribution < 1.29 is 33.5 Å². The summed E-state index contributed by atoms with van der Waals surface area (Å²) in [5.74, 6) is -3.80. The number of nitrogens with zero attached hydrogens (tertiary/aromatic N) is 2. The largest absolute Gasteiger partial charge is 0.465 e. The minimum Gasteiger partial charge on any atom is -0.465 e. The number of nitro groups is 1. The number of carbonyl (C=O) groups excluding carboxylic acids is 2. The Morgan fingerprint density at radius 2 is 1.94 bits per heavy atom. The summed E-state index contributed by atoms with van der Waals surface area (Å²) in [6, 6.07) is 5.87. The van der Waals surface area contributed by atoms with E-state index >= 15 is 0 Å². The number of nitro benzene ring substituents is 1. The fourth-order valence-electron chi connectivity index (χ4n) is 4.14. The van der Waals surface area contributed by atoms with Crippen molar-refractivity contribution in [3.63, 3.8) is 0 Å². The first-order valence-corrected chi connectivity index (χ1v) is 10.8. The molecule has 0 radical (unpaired) electrons. The molecule has 178 valence electrons. The molecule has 0 amide bonds. The molecular formula is C23H28N2O8. The highest BCUT2D eigenvalue weighted by Crippen LogP contribution is 2.41. The topological polar surface area (TPSA) is 127 Å². The van der Waals surface area contributed by atoms with Gasteiger partial charge in [-0.3, -0.25) is 19.9 Å². The quantitative estimate of drug-likeness (QED) is 0.328. The molecule has 2 unspecified atom stereocenters. The van der Waals surface area contributed by atoms with E-state index in [-0.39, 0.29) is 24.5 Å². The number of non-ortho nitro benzene ring substituents is 1. The molecule has 0 saturated carbocycles. The second-order valence-corrected chi connectivity index (χ2v) is 8.03. The Bertz CT molecular complexity index is 994. The second kappa shape index (κ2) is 10.2. The van der Waals surface area contributed by atoms with Crippen molar-refractivity contribution >= 4 is 23.3 Å². The molecule has 0 aliphatic carbocycles. The Kier molecular flexibility index (Phi) is 7.60. The van der Waals surface area contributed by atoms with Gasteiger partial charge in [0.25, 0.3) is 5.69 Å². The van der Waals surface area contributed by atoms with Gasteiger partial charge in [-0.2, -0.15) is 0 Å². The SMILES string of the molecule is CCOC(=O)C1C(C)=NC(C)=C(C(=O)OCCC2(C)OCCO2)C1c1cccc([N+](=O)[O-])c1. The number of carbonyl (C=O) groups is 2. The van der Waals surface area contributed by atoms with Crippen LogP contribution in [0.15, 0.2) is 40.5 Å². The zero-order valence-corrected chi connectivity index (χ0v) is 19.2. The van der Waals surface area contributed by atoms with Crippen LogP contribution in [0.1, 0.15) is 45.6 Å². The Morgan fingerprint density at radius 3 is 2.58 bits per heavy atom. The number of allylic oxidation sites excluding steroid dienone is 1. The van der Waals surface area contributed by atoms with E-state index in [0.29, 0.717) is 36.6 Å². The first kappa shape index (κ1) is 24.5. The molecule has 0 bridgehead atoms. The van der Waals surface area contributed by atoms with Gasteiger partial charge >= 0.3 is 11.9 Å². The van der Waals surface area contributed by atoms with Crippen molar-refractivity contribution in [3.05, 3.63) is 51.2 Å². The summed E-state index contributed by atoms with van der Waals surface area (Å²) in [6.45, 7) is 7.89. The van der Waals surface area contributed by atoms with Crippen LogP contribution in [0, 0.1) is 16.0 Å². The maximum Gasteiger partial charge on any atom is 0.336 e. The van der Waals surface area contributed by atoms with Crippen molar-refractivity contribution in [2.75, 3.05) is 26.4 Å². The van der Waals surface area contributed by atoms with Gasteiger partial charge in [0.2, 0.25) is 0 Å². The van der Waals surface area contributed by atoms with Crippen LogP contribution < -0.4 is 0 Å². The molecule has 1 fully saturated rings. The third-order valence-corrected chi connectivity index (χ3v) is 5.72. The fourth-order valence-corrected chi connectivity index (χ4v) is 4.14. The lowest BCUT2D eigenvalue weighted by Gasteiger charge is -2.31. The Hall–Kier alpha value is -3.11. The number of hydrogen-bond acceptors (Lipinski definition) is 9. The molecule has 10 nitrogen and oxygen atoms in total. The van der Waals surface area contributed by atoms with Gasteiger partial charge in [0.1, 0.15) is 5.92 Å². The monoisotopic (exact) mass is 460 g/mol. The number of rotatable bonds is 8. The Balaban J connectivity index is 1.95. The van der Waals surface area contributed by atoms with Crippen LogP contribution in [0.3, 0.4) is 0 Å². The molecule has 2 aliphatic heterocycles. The molecule has 0 aromatic heterocycles. The van der Waals surface area contributed by atoms with E-state index in [2.05, 4.69) is 4.99 Å². The van der Waals surface area contributed by atoms with Gasteiger partial charge in [0.15, 0.2) is 5.79 Å². The maximum atomic E-state index is 13.2. The van der Waals surface area contributed by atoms with E-state index in [9.17, 15) is 19.7 Å². The Morgan fingerprint density at radius 1 is 1.24 bits per heavy atom. The normalized spacial score (nSPS) is 22.0. The first-order chi connectivity index (χ1) is 15.7. The van der Waals surface area contributed by atoms with E-state index in [0.717, 1.165) is 0 Å². The summed E-state index contributed by atoms with van der Waals surface area (Å²) in [4.78, 5) is 41.3. The molecule has 33 heavy (non-hydrogen) atoms. The molecular weight excluding hydrogens is 432 g/mol. The number of aliphatic imine (C=N–C) groups is 1. The summed E-state index contributed by atoms with van der Waals surface area (Å²) in [5.41, 5.74) is 1.28. The predicted molar refractivity (Wildman–Crippen MR) is 118 cm³/mol. The number of hydrogen-bond donors (Lipinski definition) is 0. The number of ether oxygens (including phenoxy) is 4. The third kappa shape index (κ3) is 5.45. The highest BCUT2D eigenvalue weighted by Gasteiger charge is 2.43. The summed E-state index contributed by atoms with van der Waals surface area (Å²) in [6.07, 6.45) is 0.330. The van der Waals surface area contributed by atoms with E-state index in [1.165, 1.54) is 18.2 Å². The lowest BCUT2D eigenvalue weighted by molar-refractivity contribution is -0.384. The lowest BCUT2D eigenvalue weighted by atomic mass is 9.75. The highest BCUT2D eigenvalue weighted by molar-refractivity contribution is 6.07. The molecule has 1 aromatic carbocycles. The number of benzene rings is 1. The zero-order chi connectivity index (χ0) is 24.2. The molecule has 1 saturated heterocycles. The van der Waals surface area contributed by atoms with Gasteiger partial charge in [0.05, 0.1) is 36.9 Å². The maximum absolute atomic E-state index is 13.2. The van der Waals surface area contributed by atoms with Gasteiger partial charge in [-0.05, 0) is 33.3 Å². The molecule has 3 rings (SSSR count). The van der Waals surface area contributed by atoms with Gasteiger partial charge < -0.3 is 18.9 Å². The van der Waals surface area contributed by atoms with Crippen LogP contribution in [0.25, 0.3) is 0 Å². The van der Waals surface area contributed by atoms with Crippen LogP contribution in [-0.4, -0.2) is 54.8 Å². The molecule has 0 N–H and O–H groups in total. The van der Waals surface area contributed by atoms with E-state index in [1.807, 2.05) is 0 Å². The predicted octanol–water partition coefficient (Wildman–Crippen LogP) is 3.30.